The van der Waals surface area contributed by atoms with Gasteiger partial charge in [-0.3, -0.25) is 0 Å². The lowest BCUT2D eigenvalue weighted by molar-refractivity contribution is 0.744. The molecule has 3 aromatic rings. The second kappa shape index (κ2) is 6.55. The van der Waals surface area contributed by atoms with Crippen molar-refractivity contribution in [1.82, 2.24) is 4.57 Å². The number of thiazole rings is 1. The molecular formula is C20H22N2S. The van der Waals surface area contributed by atoms with Crippen molar-refractivity contribution < 1.29 is 0 Å². The van der Waals surface area contributed by atoms with E-state index in [1.54, 1.807) is 11.3 Å². The summed E-state index contributed by atoms with van der Waals surface area (Å²) in [5.74, 6) is 0. The zero-order valence-corrected chi connectivity index (χ0v) is 14.9. The summed E-state index contributed by atoms with van der Waals surface area (Å²) >= 11 is 1.71. The number of rotatable bonds is 3. The Bertz CT molecular complexity index is 863. The first-order valence-electron chi connectivity index (χ1n) is 7.96. The van der Waals surface area contributed by atoms with Gasteiger partial charge in [-0.2, -0.15) is 0 Å². The molecule has 3 rings (SSSR count). The quantitative estimate of drug-likeness (QED) is 0.615. The minimum atomic E-state index is 0.913. The van der Waals surface area contributed by atoms with Gasteiger partial charge in [0, 0.05) is 11.9 Å². The number of hydrogen-bond acceptors (Lipinski definition) is 2. The van der Waals surface area contributed by atoms with E-state index in [0.29, 0.717) is 0 Å². The molecule has 118 valence electrons. The third-order valence-electron chi connectivity index (χ3n) is 4.03. The summed E-state index contributed by atoms with van der Waals surface area (Å²) in [6.45, 7) is 9.50. The fourth-order valence-electron chi connectivity index (χ4n) is 3.01. The summed E-state index contributed by atoms with van der Waals surface area (Å²) < 4.78 is 2.29. The predicted molar refractivity (Wildman–Crippen MR) is 99.3 cm³/mol. The van der Waals surface area contributed by atoms with E-state index in [4.69, 9.17) is 4.99 Å². The maximum absolute atomic E-state index is 4.98. The normalized spacial score (nSPS) is 11.9. The maximum atomic E-state index is 4.98. The monoisotopic (exact) mass is 322 g/mol. The van der Waals surface area contributed by atoms with Gasteiger partial charge in [-0.25, -0.2) is 4.99 Å². The van der Waals surface area contributed by atoms with Gasteiger partial charge in [0.2, 0.25) is 0 Å². The summed E-state index contributed by atoms with van der Waals surface area (Å²) in [6.07, 6.45) is 0. The standard InChI is InChI=1S/C20H22N2S/c1-5-22-18(17-9-7-6-8-10-17)13-23-20(22)21-19-15(3)11-14(2)12-16(19)4/h6-13H,5H2,1-4H3. The van der Waals surface area contributed by atoms with Crippen LogP contribution >= 0.6 is 11.3 Å². The highest BCUT2D eigenvalue weighted by atomic mass is 32.1. The van der Waals surface area contributed by atoms with E-state index < -0.39 is 0 Å². The molecule has 0 aliphatic carbocycles. The molecular weight excluding hydrogens is 300 g/mol. The van der Waals surface area contributed by atoms with Gasteiger partial charge in [0.15, 0.2) is 4.80 Å². The van der Waals surface area contributed by atoms with Crippen molar-refractivity contribution in [3.8, 4) is 11.3 Å². The SMILES string of the molecule is CCn1c(-c2ccccc2)csc1=Nc1c(C)cc(C)cc1C. The number of hydrogen-bond donors (Lipinski definition) is 0. The van der Waals surface area contributed by atoms with Gasteiger partial charge in [-0.1, -0.05) is 48.0 Å². The van der Waals surface area contributed by atoms with Crippen LogP contribution in [-0.4, -0.2) is 4.57 Å². The fraction of sp³-hybridized carbons (Fsp3) is 0.250. The predicted octanol–water partition coefficient (Wildman–Crippen LogP) is 5.39. The van der Waals surface area contributed by atoms with E-state index in [9.17, 15) is 0 Å². The molecule has 0 amide bonds. The van der Waals surface area contributed by atoms with Crippen molar-refractivity contribution in [2.24, 2.45) is 4.99 Å². The second-order valence-corrected chi connectivity index (χ2v) is 6.71. The van der Waals surface area contributed by atoms with Crippen molar-refractivity contribution in [2.75, 3.05) is 0 Å². The largest absolute Gasteiger partial charge is 0.317 e. The topological polar surface area (TPSA) is 17.3 Å². The fourth-order valence-corrected chi connectivity index (χ4v) is 3.99. The van der Waals surface area contributed by atoms with E-state index in [1.165, 1.54) is 27.9 Å². The molecule has 1 heterocycles. The van der Waals surface area contributed by atoms with Crippen LogP contribution in [0.2, 0.25) is 0 Å². The smallest absolute Gasteiger partial charge is 0.190 e. The van der Waals surface area contributed by atoms with Crippen LogP contribution in [0.25, 0.3) is 11.3 Å². The summed E-state index contributed by atoms with van der Waals surface area (Å²) in [7, 11) is 0. The van der Waals surface area contributed by atoms with Gasteiger partial charge in [0.25, 0.3) is 0 Å². The first-order chi connectivity index (χ1) is 11.1. The van der Waals surface area contributed by atoms with Crippen molar-refractivity contribution in [1.29, 1.82) is 0 Å². The highest BCUT2D eigenvalue weighted by Crippen LogP contribution is 2.25. The number of benzene rings is 2. The molecule has 23 heavy (non-hydrogen) atoms. The van der Waals surface area contributed by atoms with Gasteiger partial charge in [-0.15, -0.1) is 11.3 Å². The van der Waals surface area contributed by atoms with Crippen LogP contribution in [0.15, 0.2) is 52.8 Å². The molecule has 0 saturated carbocycles. The molecule has 0 aliphatic heterocycles. The Morgan fingerprint density at radius 2 is 1.65 bits per heavy atom. The lowest BCUT2D eigenvalue weighted by Gasteiger charge is -2.08. The van der Waals surface area contributed by atoms with Crippen LogP contribution in [0.1, 0.15) is 23.6 Å². The summed E-state index contributed by atoms with van der Waals surface area (Å²) in [6, 6.07) is 14.9. The van der Waals surface area contributed by atoms with Crippen LogP contribution in [-0.2, 0) is 6.54 Å². The zero-order valence-electron chi connectivity index (χ0n) is 14.1. The highest BCUT2D eigenvalue weighted by molar-refractivity contribution is 7.07. The summed E-state index contributed by atoms with van der Waals surface area (Å²) in [5, 5.41) is 2.20. The highest BCUT2D eigenvalue weighted by Gasteiger charge is 2.08. The third-order valence-corrected chi connectivity index (χ3v) is 4.89. The number of nitrogens with zero attached hydrogens (tertiary/aromatic N) is 2. The van der Waals surface area contributed by atoms with Gasteiger partial charge < -0.3 is 4.57 Å². The summed E-state index contributed by atoms with van der Waals surface area (Å²) in [5.41, 5.74) is 7.33. The molecule has 0 radical (unpaired) electrons. The van der Waals surface area contributed by atoms with E-state index in [2.05, 4.69) is 80.1 Å². The van der Waals surface area contributed by atoms with Gasteiger partial charge in [-0.05, 0) is 44.4 Å². The van der Waals surface area contributed by atoms with Crippen molar-refractivity contribution in [3.05, 3.63) is 69.3 Å². The first-order valence-corrected chi connectivity index (χ1v) is 8.84. The molecule has 0 fully saturated rings. The van der Waals surface area contributed by atoms with Crippen LogP contribution in [0, 0.1) is 20.8 Å². The van der Waals surface area contributed by atoms with Crippen molar-refractivity contribution in [3.63, 3.8) is 0 Å². The lowest BCUT2D eigenvalue weighted by Crippen LogP contribution is -2.14. The Labute approximate surface area is 141 Å². The molecule has 0 spiro atoms. The van der Waals surface area contributed by atoms with Gasteiger partial charge in [0.1, 0.15) is 0 Å². The Kier molecular flexibility index (Phi) is 4.49. The third kappa shape index (κ3) is 3.15. The first kappa shape index (κ1) is 15.8. The lowest BCUT2D eigenvalue weighted by atomic mass is 10.1. The molecule has 0 saturated heterocycles. The average Bonchev–Trinajstić information content (AvgIpc) is 2.94. The van der Waals surface area contributed by atoms with Crippen molar-refractivity contribution >= 4 is 17.0 Å². The van der Waals surface area contributed by atoms with Gasteiger partial charge in [0.05, 0.1) is 11.4 Å². The second-order valence-electron chi connectivity index (χ2n) is 5.87. The zero-order chi connectivity index (χ0) is 16.4. The van der Waals surface area contributed by atoms with Crippen molar-refractivity contribution in [2.45, 2.75) is 34.2 Å². The number of aromatic nitrogens is 1. The van der Waals surface area contributed by atoms with E-state index in [1.807, 2.05) is 0 Å². The minimum Gasteiger partial charge on any atom is -0.317 e. The molecule has 0 N–H and O–H groups in total. The maximum Gasteiger partial charge on any atom is 0.190 e. The van der Waals surface area contributed by atoms with Crippen LogP contribution in [0.5, 0.6) is 0 Å². The number of aryl methyl sites for hydroxylation is 3. The Morgan fingerprint density at radius 1 is 1.00 bits per heavy atom. The molecule has 0 bridgehead atoms. The Balaban J connectivity index is 2.17. The molecule has 0 atom stereocenters. The molecule has 1 aromatic heterocycles. The van der Waals surface area contributed by atoms with E-state index in [0.717, 1.165) is 17.0 Å². The van der Waals surface area contributed by atoms with Crippen LogP contribution in [0.3, 0.4) is 0 Å². The van der Waals surface area contributed by atoms with E-state index >= 15 is 0 Å². The van der Waals surface area contributed by atoms with E-state index in [-0.39, 0.29) is 0 Å². The summed E-state index contributed by atoms with van der Waals surface area (Å²) in [4.78, 5) is 6.04. The van der Waals surface area contributed by atoms with Gasteiger partial charge >= 0.3 is 0 Å². The Hall–Kier alpha value is -2.13. The molecule has 0 unspecified atom stereocenters. The molecule has 2 nitrogen and oxygen atoms in total. The molecule has 2 aromatic carbocycles. The average molecular weight is 322 g/mol. The Morgan fingerprint density at radius 3 is 2.26 bits per heavy atom. The molecule has 0 aliphatic rings. The van der Waals surface area contributed by atoms with Crippen LogP contribution < -0.4 is 4.80 Å². The molecule has 3 heteroatoms. The van der Waals surface area contributed by atoms with Crippen LogP contribution in [0.4, 0.5) is 5.69 Å². The minimum absolute atomic E-state index is 0.913.